The highest BCUT2D eigenvalue weighted by molar-refractivity contribution is 8.93. The van der Waals surface area contributed by atoms with Crippen LogP contribution in [-0.2, 0) is 7.05 Å². The third-order valence-corrected chi connectivity index (χ3v) is 3.94. The van der Waals surface area contributed by atoms with Crippen molar-refractivity contribution >= 4 is 27.9 Å². The molecule has 1 fully saturated rings. The normalized spacial score (nSPS) is 15.9. The van der Waals surface area contributed by atoms with Crippen molar-refractivity contribution in [2.24, 2.45) is 7.05 Å². The Labute approximate surface area is 131 Å². The molecule has 0 amide bonds. The third kappa shape index (κ3) is 2.67. The Bertz CT molecular complexity index is 778. The molecular formula is C14H17BrFN3O2. The number of piperidine rings is 1. The van der Waals surface area contributed by atoms with Crippen LogP contribution in [0.2, 0.25) is 0 Å². The molecule has 2 aromatic rings. The molecule has 0 saturated carbocycles. The largest absolute Gasteiger partial charge is 0.331 e. The van der Waals surface area contributed by atoms with Crippen LogP contribution >= 0.6 is 17.0 Å². The number of fused-ring (bicyclic) bond motifs is 1. The maximum absolute atomic E-state index is 13.4. The lowest BCUT2D eigenvalue weighted by Gasteiger charge is -2.24. The van der Waals surface area contributed by atoms with Crippen LogP contribution in [0, 0.1) is 5.82 Å². The number of hydrogen-bond donors (Lipinski definition) is 1. The predicted molar refractivity (Wildman–Crippen MR) is 84.9 cm³/mol. The molecule has 1 N–H and O–H groups in total. The minimum atomic E-state index is -0.467. The fourth-order valence-corrected chi connectivity index (χ4v) is 2.84. The van der Waals surface area contributed by atoms with E-state index >= 15 is 0 Å². The van der Waals surface area contributed by atoms with Gasteiger partial charge in [0, 0.05) is 13.1 Å². The molecule has 0 spiro atoms. The lowest BCUT2D eigenvalue weighted by atomic mass is 10.1. The van der Waals surface area contributed by atoms with Gasteiger partial charge in [0.1, 0.15) is 5.82 Å². The van der Waals surface area contributed by atoms with E-state index in [1.54, 1.807) is 7.05 Å². The maximum Gasteiger partial charge on any atom is 0.331 e. The quantitative estimate of drug-likeness (QED) is 0.837. The first-order valence-corrected chi connectivity index (χ1v) is 6.71. The first-order chi connectivity index (χ1) is 9.59. The highest BCUT2D eigenvalue weighted by Gasteiger charge is 2.21. The Kier molecular flexibility index (Phi) is 4.63. The van der Waals surface area contributed by atoms with Crippen LogP contribution < -0.4 is 16.6 Å². The molecule has 1 aliphatic rings. The summed E-state index contributed by atoms with van der Waals surface area (Å²) in [5.74, 6) is -0.467. The number of aryl methyl sites for hydroxylation is 1. The molecule has 0 aliphatic carbocycles. The van der Waals surface area contributed by atoms with Crippen molar-refractivity contribution in [2.75, 3.05) is 13.1 Å². The lowest BCUT2D eigenvalue weighted by Crippen LogP contribution is -2.44. The Hall–Kier alpha value is -1.47. The van der Waals surface area contributed by atoms with Crippen molar-refractivity contribution in [3.05, 3.63) is 44.9 Å². The van der Waals surface area contributed by atoms with E-state index in [1.165, 1.54) is 27.3 Å². The van der Waals surface area contributed by atoms with E-state index in [9.17, 15) is 14.0 Å². The molecule has 0 radical (unpaired) electrons. The second-order valence-corrected chi connectivity index (χ2v) is 5.16. The highest BCUT2D eigenvalue weighted by Crippen LogP contribution is 2.16. The van der Waals surface area contributed by atoms with Gasteiger partial charge in [-0.05, 0) is 44.1 Å². The van der Waals surface area contributed by atoms with Gasteiger partial charge in [0.2, 0.25) is 0 Å². The van der Waals surface area contributed by atoms with Crippen molar-refractivity contribution in [3.8, 4) is 0 Å². The van der Waals surface area contributed by atoms with Gasteiger partial charge in [0.05, 0.1) is 10.9 Å². The van der Waals surface area contributed by atoms with Crippen LogP contribution in [0.1, 0.15) is 18.9 Å². The van der Waals surface area contributed by atoms with Crippen molar-refractivity contribution in [2.45, 2.75) is 18.9 Å². The van der Waals surface area contributed by atoms with E-state index in [0.29, 0.717) is 5.52 Å². The Morgan fingerprint density at radius 3 is 2.57 bits per heavy atom. The monoisotopic (exact) mass is 357 g/mol. The average molecular weight is 358 g/mol. The average Bonchev–Trinajstić information content (AvgIpc) is 2.46. The molecule has 1 saturated heterocycles. The van der Waals surface area contributed by atoms with E-state index in [4.69, 9.17) is 0 Å². The SMILES string of the molecule is Br.Cn1c(=O)n(C2CCNCC2)c(=O)c2cc(F)ccc21. The number of hydrogen-bond acceptors (Lipinski definition) is 3. The number of nitrogens with zero attached hydrogens (tertiary/aromatic N) is 2. The summed E-state index contributed by atoms with van der Waals surface area (Å²) in [7, 11) is 1.61. The summed E-state index contributed by atoms with van der Waals surface area (Å²) < 4.78 is 16.1. The Morgan fingerprint density at radius 1 is 1.24 bits per heavy atom. The van der Waals surface area contributed by atoms with Crippen molar-refractivity contribution < 1.29 is 4.39 Å². The van der Waals surface area contributed by atoms with E-state index in [-0.39, 0.29) is 34.1 Å². The standard InChI is InChI=1S/C14H16FN3O2.BrH/c1-17-12-3-2-9(15)8-11(12)13(19)18(14(17)20)10-4-6-16-7-5-10;/h2-3,8,10,16H,4-7H2,1H3;1H. The molecule has 0 atom stereocenters. The summed E-state index contributed by atoms with van der Waals surface area (Å²) >= 11 is 0. The fourth-order valence-electron chi connectivity index (χ4n) is 2.84. The maximum atomic E-state index is 13.4. The smallest absolute Gasteiger partial charge is 0.317 e. The topological polar surface area (TPSA) is 56.0 Å². The van der Waals surface area contributed by atoms with Crippen LogP contribution in [0.3, 0.4) is 0 Å². The molecule has 0 unspecified atom stereocenters. The number of halogens is 2. The zero-order valence-electron chi connectivity index (χ0n) is 11.6. The molecule has 1 aromatic carbocycles. The van der Waals surface area contributed by atoms with Gasteiger partial charge in [-0.25, -0.2) is 9.18 Å². The van der Waals surface area contributed by atoms with Gasteiger partial charge in [-0.3, -0.25) is 13.9 Å². The van der Waals surface area contributed by atoms with Gasteiger partial charge in [-0.15, -0.1) is 17.0 Å². The summed E-state index contributed by atoms with van der Waals surface area (Å²) in [5.41, 5.74) is -0.262. The van der Waals surface area contributed by atoms with E-state index < -0.39 is 11.4 Å². The highest BCUT2D eigenvalue weighted by atomic mass is 79.9. The zero-order valence-corrected chi connectivity index (χ0v) is 13.3. The van der Waals surface area contributed by atoms with Gasteiger partial charge in [-0.1, -0.05) is 0 Å². The molecule has 2 heterocycles. The number of benzene rings is 1. The van der Waals surface area contributed by atoms with Crippen molar-refractivity contribution in [1.82, 2.24) is 14.5 Å². The summed E-state index contributed by atoms with van der Waals surface area (Å²) in [6.45, 7) is 1.56. The van der Waals surface area contributed by atoms with Gasteiger partial charge in [0.25, 0.3) is 5.56 Å². The predicted octanol–water partition coefficient (Wildman–Crippen LogP) is 1.34. The fraction of sp³-hybridized carbons (Fsp3) is 0.429. The second kappa shape index (κ2) is 6.11. The summed E-state index contributed by atoms with van der Waals surface area (Å²) in [5, 5.41) is 3.46. The van der Waals surface area contributed by atoms with Gasteiger partial charge >= 0.3 is 5.69 Å². The van der Waals surface area contributed by atoms with Crippen LogP contribution in [-0.4, -0.2) is 22.2 Å². The molecular weight excluding hydrogens is 341 g/mol. The van der Waals surface area contributed by atoms with Crippen LogP contribution in [0.5, 0.6) is 0 Å². The van der Waals surface area contributed by atoms with E-state index in [0.717, 1.165) is 25.9 Å². The molecule has 5 nitrogen and oxygen atoms in total. The summed E-state index contributed by atoms with van der Waals surface area (Å²) in [6.07, 6.45) is 1.46. The molecule has 0 bridgehead atoms. The molecule has 7 heteroatoms. The van der Waals surface area contributed by atoms with Crippen LogP contribution in [0.15, 0.2) is 27.8 Å². The molecule has 21 heavy (non-hydrogen) atoms. The third-order valence-electron chi connectivity index (χ3n) is 3.94. The second-order valence-electron chi connectivity index (χ2n) is 5.16. The van der Waals surface area contributed by atoms with Gasteiger partial charge in [-0.2, -0.15) is 0 Å². The minimum absolute atomic E-state index is 0. The van der Waals surface area contributed by atoms with Crippen LogP contribution in [0.4, 0.5) is 4.39 Å². The molecule has 114 valence electrons. The number of nitrogens with one attached hydrogen (secondary N) is 1. The first kappa shape index (κ1) is 15.9. The molecule has 1 aliphatic heterocycles. The summed E-state index contributed by atoms with van der Waals surface area (Å²) in [4.78, 5) is 24.9. The number of aromatic nitrogens is 2. The van der Waals surface area contributed by atoms with Crippen molar-refractivity contribution in [1.29, 1.82) is 0 Å². The number of rotatable bonds is 1. The zero-order chi connectivity index (χ0) is 14.3. The molecule has 1 aromatic heterocycles. The summed E-state index contributed by atoms with van der Waals surface area (Å²) in [6, 6.07) is 3.82. The van der Waals surface area contributed by atoms with Crippen LogP contribution in [0.25, 0.3) is 10.9 Å². The Morgan fingerprint density at radius 2 is 1.90 bits per heavy atom. The van der Waals surface area contributed by atoms with Gasteiger partial charge < -0.3 is 5.32 Å². The molecule has 3 rings (SSSR count). The minimum Gasteiger partial charge on any atom is -0.317 e. The van der Waals surface area contributed by atoms with Gasteiger partial charge in [0.15, 0.2) is 0 Å². The van der Waals surface area contributed by atoms with Crippen molar-refractivity contribution in [3.63, 3.8) is 0 Å². The first-order valence-electron chi connectivity index (χ1n) is 6.71. The Balaban J connectivity index is 0.00000161. The lowest BCUT2D eigenvalue weighted by molar-refractivity contribution is 0.347. The van der Waals surface area contributed by atoms with E-state index in [2.05, 4.69) is 5.32 Å². The van der Waals surface area contributed by atoms with E-state index in [1.807, 2.05) is 0 Å².